The van der Waals surface area contributed by atoms with Crippen molar-refractivity contribution in [1.29, 1.82) is 0 Å². The van der Waals surface area contributed by atoms with Gasteiger partial charge < -0.3 is 0 Å². The average Bonchev–Trinajstić information content (AvgIpc) is 2.71. The van der Waals surface area contributed by atoms with Crippen LogP contribution in [-0.2, 0) is 0 Å². The van der Waals surface area contributed by atoms with E-state index in [4.69, 9.17) is 0 Å². The molecule has 0 aliphatic heterocycles. The zero-order valence-corrected chi connectivity index (χ0v) is 6.82. The van der Waals surface area contributed by atoms with E-state index in [1.54, 1.807) is 22.2 Å². The Bertz CT molecular complexity index is 489. The van der Waals surface area contributed by atoms with Crippen LogP contribution in [0.3, 0.4) is 0 Å². The van der Waals surface area contributed by atoms with E-state index < -0.39 is 0 Å². The third kappa shape index (κ3) is 0.634. The third-order valence-electron chi connectivity index (χ3n) is 1.74. The molecule has 0 N–H and O–H groups in total. The van der Waals surface area contributed by atoms with Gasteiger partial charge in [0.15, 0.2) is 5.65 Å². The normalized spacial score (nSPS) is 11.3. The highest BCUT2D eigenvalue weighted by molar-refractivity contribution is 7.16. The van der Waals surface area contributed by atoms with Crippen LogP contribution in [0.15, 0.2) is 24.1 Å². The molecule has 0 fully saturated rings. The number of hydrogen-bond donors (Lipinski definition) is 0. The summed E-state index contributed by atoms with van der Waals surface area (Å²) < 4.78 is 1.68. The van der Waals surface area contributed by atoms with Crippen molar-refractivity contribution < 1.29 is 0 Å². The fourth-order valence-corrected chi connectivity index (χ4v) is 1.93. The molecule has 58 valence electrons. The molecule has 0 saturated carbocycles. The highest BCUT2D eigenvalue weighted by Gasteiger charge is 2.02. The summed E-state index contributed by atoms with van der Waals surface area (Å²) in [6.07, 6.45) is 3.22. The number of rotatable bonds is 0. The van der Waals surface area contributed by atoms with Gasteiger partial charge in [0, 0.05) is 0 Å². The summed E-state index contributed by atoms with van der Waals surface area (Å²) in [7, 11) is 0. The van der Waals surface area contributed by atoms with Crippen LogP contribution >= 0.6 is 11.3 Å². The first-order valence-corrected chi connectivity index (χ1v) is 4.35. The number of nitrogens with zero attached hydrogens (tertiary/aromatic N) is 4. The van der Waals surface area contributed by atoms with Gasteiger partial charge in [-0.15, -0.1) is 11.3 Å². The molecule has 0 bridgehead atoms. The van der Waals surface area contributed by atoms with Crippen LogP contribution in [0.5, 0.6) is 0 Å². The van der Waals surface area contributed by atoms with E-state index in [2.05, 4.69) is 15.1 Å². The zero-order valence-electron chi connectivity index (χ0n) is 6.01. The van der Waals surface area contributed by atoms with E-state index >= 15 is 0 Å². The van der Waals surface area contributed by atoms with Gasteiger partial charge in [0.05, 0.1) is 5.39 Å². The van der Waals surface area contributed by atoms with Crippen LogP contribution in [0.2, 0.25) is 0 Å². The lowest BCUT2D eigenvalue weighted by Crippen LogP contribution is -1.87. The molecule has 4 nitrogen and oxygen atoms in total. The molecule has 3 rings (SSSR count). The van der Waals surface area contributed by atoms with Gasteiger partial charge in [-0.1, -0.05) is 0 Å². The van der Waals surface area contributed by atoms with E-state index in [0.29, 0.717) is 0 Å². The van der Waals surface area contributed by atoms with Gasteiger partial charge in [-0.2, -0.15) is 5.10 Å². The highest BCUT2D eigenvalue weighted by atomic mass is 32.1. The molecule has 0 aliphatic rings. The molecule has 0 aliphatic carbocycles. The summed E-state index contributed by atoms with van der Waals surface area (Å²) in [4.78, 5) is 9.37. The lowest BCUT2D eigenvalue weighted by Gasteiger charge is -1.90. The Morgan fingerprint density at radius 1 is 1.33 bits per heavy atom. The summed E-state index contributed by atoms with van der Waals surface area (Å²) >= 11 is 1.61. The molecule has 3 heterocycles. The standard InChI is InChI=1S/C7H4N4S/c1-2-12-7-5(1)6-8-3-10-11(6)4-9-7/h1-4H. The third-order valence-corrected chi connectivity index (χ3v) is 2.56. The molecule has 3 aromatic rings. The largest absolute Gasteiger partial charge is 0.225 e. The second kappa shape index (κ2) is 2.01. The lowest BCUT2D eigenvalue weighted by molar-refractivity contribution is 0.936. The lowest BCUT2D eigenvalue weighted by atomic mass is 10.4. The summed E-state index contributed by atoms with van der Waals surface area (Å²) in [5.41, 5.74) is 0.876. The molecule has 0 unspecified atom stereocenters. The molecular weight excluding hydrogens is 172 g/mol. The van der Waals surface area contributed by atoms with Gasteiger partial charge in [0.25, 0.3) is 0 Å². The summed E-state index contributed by atoms with van der Waals surface area (Å²) in [5.74, 6) is 0. The van der Waals surface area contributed by atoms with E-state index in [0.717, 1.165) is 15.9 Å². The van der Waals surface area contributed by atoms with Crippen LogP contribution in [0.1, 0.15) is 0 Å². The summed E-state index contributed by atoms with van der Waals surface area (Å²) in [6, 6.07) is 2.01. The van der Waals surface area contributed by atoms with E-state index in [1.807, 2.05) is 11.4 Å². The van der Waals surface area contributed by atoms with Crippen molar-refractivity contribution in [2.75, 3.05) is 0 Å². The second-order valence-corrected chi connectivity index (χ2v) is 3.31. The minimum Gasteiger partial charge on any atom is -0.225 e. The quantitative estimate of drug-likeness (QED) is 0.519. The van der Waals surface area contributed by atoms with Crippen molar-refractivity contribution in [1.82, 2.24) is 19.6 Å². The number of thiophene rings is 1. The maximum Gasteiger partial charge on any atom is 0.167 e. The average molecular weight is 176 g/mol. The van der Waals surface area contributed by atoms with Gasteiger partial charge in [-0.3, -0.25) is 0 Å². The molecule has 0 saturated heterocycles. The molecule has 3 aromatic heterocycles. The van der Waals surface area contributed by atoms with Gasteiger partial charge in [-0.25, -0.2) is 14.5 Å². The van der Waals surface area contributed by atoms with Crippen molar-refractivity contribution in [2.24, 2.45) is 0 Å². The monoisotopic (exact) mass is 176 g/mol. The Kier molecular flexibility index (Phi) is 1.02. The minimum absolute atomic E-state index is 0.876. The molecular formula is C7H4N4S. The number of fused-ring (bicyclic) bond motifs is 3. The first-order valence-electron chi connectivity index (χ1n) is 3.47. The van der Waals surface area contributed by atoms with Crippen LogP contribution in [0.4, 0.5) is 0 Å². The molecule has 0 spiro atoms. The van der Waals surface area contributed by atoms with Gasteiger partial charge in [0.2, 0.25) is 0 Å². The summed E-state index contributed by atoms with van der Waals surface area (Å²) in [5, 5.41) is 7.07. The Hall–Kier alpha value is -1.49. The van der Waals surface area contributed by atoms with Gasteiger partial charge >= 0.3 is 0 Å². The predicted octanol–water partition coefficient (Wildman–Crippen LogP) is 1.34. The van der Waals surface area contributed by atoms with Crippen molar-refractivity contribution in [3.8, 4) is 0 Å². The molecule has 0 radical (unpaired) electrons. The Morgan fingerprint density at radius 2 is 2.33 bits per heavy atom. The first kappa shape index (κ1) is 6.07. The zero-order chi connectivity index (χ0) is 7.97. The second-order valence-electron chi connectivity index (χ2n) is 2.41. The van der Waals surface area contributed by atoms with Crippen molar-refractivity contribution in [2.45, 2.75) is 0 Å². The van der Waals surface area contributed by atoms with E-state index in [9.17, 15) is 0 Å². The SMILES string of the molecule is c1nc2c3ccsc3ncn2n1. The fraction of sp³-hybridized carbons (Fsp3) is 0. The van der Waals surface area contributed by atoms with E-state index in [-0.39, 0.29) is 0 Å². The molecule has 0 atom stereocenters. The highest BCUT2D eigenvalue weighted by Crippen LogP contribution is 2.20. The van der Waals surface area contributed by atoms with Crippen molar-refractivity contribution in [3.05, 3.63) is 24.1 Å². The first-order chi connectivity index (χ1) is 5.95. The Balaban J connectivity index is 2.71. The van der Waals surface area contributed by atoms with Crippen LogP contribution in [-0.4, -0.2) is 19.6 Å². The van der Waals surface area contributed by atoms with Crippen molar-refractivity contribution >= 4 is 27.2 Å². The van der Waals surface area contributed by atoms with Crippen LogP contribution < -0.4 is 0 Å². The van der Waals surface area contributed by atoms with Gasteiger partial charge in [0.1, 0.15) is 17.5 Å². The molecule has 0 amide bonds. The maximum absolute atomic E-state index is 4.22. The van der Waals surface area contributed by atoms with Crippen molar-refractivity contribution in [3.63, 3.8) is 0 Å². The minimum atomic E-state index is 0.876. The topological polar surface area (TPSA) is 43.1 Å². The van der Waals surface area contributed by atoms with Crippen LogP contribution in [0.25, 0.3) is 15.9 Å². The van der Waals surface area contributed by atoms with E-state index in [1.165, 1.54) is 6.33 Å². The molecule has 0 aromatic carbocycles. The fourth-order valence-electron chi connectivity index (χ4n) is 1.21. The maximum atomic E-state index is 4.22. The molecule has 12 heavy (non-hydrogen) atoms. The number of hydrogen-bond acceptors (Lipinski definition) is 4. The summed E-state index contributed by atoms with van der Waals surface area (Å²) in [6.45, 7) is 0. The van der Waals surface area contributed by atoms with Crippen LogP contribution in [0, 0.1) is 0 Å². The van der Waals surface area contributed by atoms with Gasteiger partial charge in [-0.05, 0) is 11.4 Å². The number of aromatic nitrogens is 4. The Labute approximate surface area is 71.5 Å². The Morgan fingerprint density at radius 3 is 3.33 bits per heavy atom. The molecule has 5 heteroatoms. The smallest absolute Gasteiger partial charge is 0.167 e. The predicted molar refractivity (Wildman–Crippen MR) is 46.2 cm³/mol.